The van der Waals surface area contributed by atoms with Gasteiger partial charge in [-0.05, 0) is 74.2 Å². The Balaban J connectivity index is 2.00. The third-order valence-corrected chi connectivity index (χ3v) is 4.82. The van der Waals surface area contributed by atoms with E-state index in [0.29, 0.717) is 0 Å². The lowest BCUT2D eigenvalue weighted by Crippen LogP contribution is -2.18. The maximum Gasteiger partial charge on any atom is 0.123 e. The quantitative estimate of drug-likeness (QED) is 0.761. The summed E-state index contributed by atoms with van der Waals surface area (Å²) in [5.41, 5.74) is 2.13. The highest BCUT2D eigenvalue weighted by atomic mass is 79.9. The zero-order chi connectivity index (χ0) is 13.8. The van der Waals surface area contributed by atoms with Crippen LogP contribution in [-0.2, 0) is 6.54 Å². The molecule has 1 nitrogen and oxygen atoms in total. The van der Waals surface area contributed by atoms with Gasteiger partial charge in [-0.15, -0.1) is 0 Å². The third kappa shape index (κ3) is 4.13. The van der Waals surface area contributed by atoms with E-state index in [1.165, 1.54) is 11.6 Å². The Morgan fingerprint density at radius 2 is 1.89 bits per heavy atom. The molecule has 19 heavy (non-hydrogen) atoms. The Labute approximate surface area is 129 Å². The first-order valence-electron chi connectivity index (χ1n) is 5.99. The normalized spacial score (nSPS) is 12.4. The van der Waals surface area contributed by atoms with E-state index in [1.807, 2.05) is 19.1 Å². The van der Waals surface area contributed by atoms with Gasteiger partial charge in [-0.2, -0.15) is 0 Å². The van der Waals surface area contributed by atoms with Crippen molar-refractivity contribution in [2.24, 2.45) is 0 Å². The van der Waals surface area contributed by atoms with Crippen LogP contribution in [-0.4, -0.2) is 0 Å². The standard InChI is InChI=1S/C15H14Br2FN/c1-10(12-3-2-4-13(18)8-12)19-9-11-5-6-14(16)15(17)7-11/h2-8,10,19H,9H2,1H3/t10-/m0/s1. The van der Waals surface area contributed by atoms with Crippen LogP contribution in [0.15, 0.2) is 51.4 Å². The van der Waals surface area contributed by atoms with Crippen LogP contribution in [0.1, 0.15) is 24.1 Å². The average Bonchev–Trinajstić information content (AvgIpc) is 2.40. The highest BCUT2D eigenvalue weighted by Crippen LogP contribution is 2.24. The summed E-state index contributed by atoms with van der Waals surface area (Å²) < 4.78 is 15.2. The maximum atomic E-state index is 13.1. The van der Waals surface area contributed by atoms with Gasteiger partial charge in [0, 0.05) is 21.5 Å². The molecule has 0 saturated carbocycles. The van der Waals surface area contributed by atoms with Crippen LogP contribution < -0.4 is 5.32 Å². The van der Waals surface area contributed by atoms with Crippen molar-refractivity contribution < 1.29 is 4.39 Å². The number of benzene rings is 2. The number of halogens is 3. The molecule has 0 aliphatic carbocycles. The van der Waals surface area contributed by atoms with E-state index in [4.69, 9.17) is 0 Å². The topological polar surface area (TPSA) is 12.0 Å². The number of hydrogen-bond donors (Lipinski definition) is 1. The second-order valence-electron chi connectivity index (χ2n) is 4.41. The van der Waals surface area contributed by atoms with E-state index in [9.17, 15) is 4.39 Å². The molecule has 0 aliphatic rings. The molecule has 2 rings (SSSR count). The van der Waals surface area contributed by atoms with E-state index in [-0.39, 0.29) is 11.9 Å². The fourth-order valence-corrected chi connectivity index (χ4v) is 2.49. The van der Waals surface area contributed by atoms with Crippen LogP contribution in [0.5, 0.6) is 0 Å². The summed E-state index contributed by atoms with van der Waals surface area (Å²) >= 11 is 6.93. The van der Waals surface area contributed by atoms with Gasteiger partial charge in [0.05, 0.1) is 0 Å². The first-order chi connectivity index (χ1) is 9.06. The molecule has 4 heteroatoms. The number of rotatable bonds is 4. The van der Waals surface area contributed by atoms with E-state index in [1.54, 1.807) is 12.1 Å². The monoisotopic (exact) mass is 385 g/mol. The van der Waals surface area contributed by atoms with E-state index < -0.39 is 0 Å². The largest absolute Gasteiger partial charge is 0.306 e. The molecule has 0 aliphatic heterocycles. The molecular formula is C15H14Br2FN. The summed E-state index contributed by atoms with van der Waals surface area (Å²) in [5, 5.41) is 3.39. The predicted octanol–water partition coefficient (Wildman–Crippen LogP) is 5.20. The van der Waals surface area contributed by atoms with Crippen molar-refractivity contribution in [3.05, 3.63) is 68.4 Å². The first-order valence-corrected chi connectivity index (χ1v) is 7.57. The predicted molar refractivity (Wildman–Crippen MR) is 83.5 cm³/mol. The van der Waals surface area contributed by atoms with Crippen LogP contribution in [0.2, 0.25) is 0 Å². The minimum Gasteiger partial charge on any atom is -0.306 e. The van der Waals surface area contributed by atoms with Crippen molar-refractivity contribution in [1.82, 2.24) is 5.32 Å². The van der Waals surface area contributed by atoms with Crippen molar-refractivity contribution in [2.75, 3.05) is 0 Å². The minimum atomic E-state index is -0.197. The van der Waals surface area contributed by atoms with E-state index in [2.05, 4.69) is 49.3 Å². The zero-order valence-electron chi connectivity index (χ0n) is 10.5. The van der Waals surface area contributed by atoms with Crippen LogP contribution in [0.25, 0.3) is 0 Å². The summed E-state index contributed by atoms with van der Waals surface area (Å²) in [6.45, 7) is 2.77. The van der Waals surface area contributed by atoms with E-state index in [0.717, 1.165) is 21.1 Å². The molecule has 0 bridgehead atoms. The molecule has 0 saturated heterocycles. The lowest BCUT2D eigenvalue weighted by Gasteiger charge is -2.14. The molecule has 0 amide bonds. The first kappa shape index (κ1) is 14.7. The summed E-state index contributed by atoms with van der Waals surface area (Å²) in [4.78, 5) is 0. The molecule has 0 radical (unpaired) electrons. The van der Waals surface area contributed by atoms with Gasteiger partial charge in [0.2, 0.25) is 0 Å². The van der Waals surface area contributed by atoms with Crippen LogP contribution in [0.3, 0.4) is 0 Å². The van der Waals surface area contributed by atoms with Crippen molar-refractivity contribution in [2.45, 2.75) is 19.5 Å². The molecule has 0 heterocycles. The average molecular weight is 387 g/mol. The Hall–Kier alpha value is -0.710. The summed E-state index contributed by atoms with van der Waals surface area (Å²) in [7, 11) is 0. The molecule has 100 valence electrons. The Bertz CT molecular complexity index is 572. The van der Waals surface area contributed by atoms with Gasteiger partial charge in [0.25, 0.3) is 0 Å². The summed E-state index contributed by atoms with van der Waals surface area (Å²) in [6, 6.07) is 12.9. The maximum absolute atomic E-state index is 13.1. The Kier molecular flexibility index (Phi) is 5.13. The van der Waals surface area contributed by atoms with Gasteiger partial charge >= 0.3 is 0 Å². The van der Waals surface area contributed by atoms with Gasteiger partial charge in [-0.25, -0.2) is 4.39 Å². The molecule has 2 aromatic rings. The molecule has 0 aromatic heterocycles. The smallest absolute Gasteiger partial charge is 0.123 e. The van der Waals surface area contributed by atoms with Gasteiger partial charge in [0.15, 0.2) is 0 Å². The second kappa shape index (κ2) is 6.64. The van der Waals surface area contributed by atoms with Crippen LogP contribution in [0, 0.1) is 5.82 Å². The summed E-state index contributed by atoms with van der Waals surface area (Å²) in [6.07, 6.45) is 0. The van der Waals surface area contributed by atoms with Crippen molar-refractivity contribution in [1.29, 1.82) is 0 Å². The molecule has 1 atom stereocenters. The molecule has 0 unspecified atom stereocenters. The van der Waals surface area contributed by atoms with Gasteiger partial charge in [0.1, 0.15) is 5.82 Å². The van der Waals surface area contributed by atoms with Crippen molar-refractivity contribution in [3.8, 4) is 0 Å². The second-order valence-corrected chi connectivity index (χ2v) is 6.11. The summed E-state index contributed by atoms with van der Waals surface area (Å²) in [5.74, 6) is -0.197. The highest BCUT2D eigenvalue weighted by Gasteiger charge is 2.06. The molecular weight excluding hydrogens is 373 g/mol. The van der Waals surface area contributed by atoms with Gasteiger partial charge in [-0.1, -0.05) is 18.2 Å². The fourth-order valence-electron chi connectivity index (χ4n) is 1.81. The van der Waals surface area contributed by atoms with Gasteiger partial charge < -0.3 is 5.32 Å². The van der Waals surface area contributed by atoms with Crippen LogP contribution in [0.4, 0.5) is 4.39 Å². The minimum absolute atomic E-state index is 0.109. The van der Waals surface area contributed by atoms with Crippen molar-refractivity contribution >= 4 is 31.9 Å². The Morgan fingerprint density at radius 3 is 2.58 bits per heavy atom. The lowest BCUT2D eigenvalue weighted by molar-refractivity contribution is 0.565. The fraction of sp³-hybridized carbons (Fsp3) is 0.200. The molecule has 0 spiro atoms. The third-order valence-electron chi connectivity index (χ3n) is 2.95. The SMILES string of the molecule is C[C@H](NCc1ccc(Br)c(Br)c1)c1cccc(F)c1. The van der Waals surface area contributed by atoms with Crippen LogP contribution >= 0.6 is 31.9 Å². The number of nitrogens with one attached hydrogen (secondary N) is 1. The molecule has 2 aromatic carbocycles. The Morgan fingerprint density at radius 1 is 1.11 bits per heavy atom. The molecule has 1 N–H and O–H groups in total. The van der Waals surface area contributed by atoms with Gasteiger partial charge in [-0.3, -0.25) is 0 Å². The number of hydrogen-bond acceptors (Lipinski definition) is 1. The van der Waals surface area contributed by atoms with E-state index >= 15 is 0 Å². The lowest BCUT2D eigenvalue weighted by atomic mass is 10.1. The zero-order valence-corrected chi connectivity index (χ0v) is 13.6. The molecule has 0 fully saturated rings. The highest BCUT2D eigenvalue weighted by molar-refractivity contribution is 9.13. The van der Waals surface area contributed by atoms with Crippen molar-refractivity contribution in [3.63, 3.8) is 0 Å².